The molecule has 1 aliphatic rings. The van der Waals surface area contributed by atoms with Crippen LogP contribution in [0.25, 0.3) is 10.9 Å². The Labute approximate surface area is 239 Å². The van der Waals surface area contributed by atoms with E-state index < -0.39 is 60.7 Å². The molecule has 1 unspecified atom stereocenters. The van der Waals surface area contributed by atoms with Crippen molar-refractivity contribution in [2.24, 2.45) is 4.99 Å². The van der Waals surface area contributed by atoms with Gasteiger partial charge >= 0.3 is 12.1 Å². The van der Waals surface area contributed by atoms with Crippen LogP contribution in [-0.4, -0.2) is 66.9 Å². The molecule has 0 spiro atoms. The van der Waals surface area contributed by atoms with Gasteiger partial charge in [-0.3, -0.25) is 19.5 Å². The van der Waals surface area contributed by atoms with Crippen molar-refractivity contribution < 1.29 is 41.1 Å². The van der Waals surface area contributed by atoms with E-state index >= 15 is 0 Å². The van der Waals surface area contributed by atoms with Crippen LogP contribution in [0.1, 0.15) is 33.9 Å². The molecule has 0 saturated heterocycles. The fourth-order valence-corrected chi connectivity index (χ4v) is 4.30. The molecule has 2 aromatic carbocycles. The fourth-order valence-electron chi connectivity index (χ4n) is 4.06. The first-order valence-electron chi connectivity index (χ1n) is 12.2. The van der Waals surface area contributed by atoms with Crippen LogP contribution in [0.4, 0.5) is 27.6 Å². The van der Waals surface area contributed by atoms with E-state index in [1.165, 1.54) is 12.1 Å². The first-order chi connectivity index (χ1) is 19.8. The van der Waals surface area contributed by atoms with E-state index in [4.69, 9.17) is 11.6 Å². The highest BCUT2D eigenvalue weighted by molar-refractivity contribution is 6.30. The van der Waals surface area contributed by atoms with Gasteiger partial charge < -0.3 is 26.0 Å². The molecule has 224 valence electrons. The van der Waals surface area contributed by atoms with Crippen molar-refractivity contribution in [2.45, 2.75) is 24.8 Å². The van der Waals surface area contributed by atoms with Crippen LogP contribution in [0.3, 0.4) is 0 Å². The maximum Gasteiger partial charge on any atom is 0.416 e. The summed E-state index contributed by atoms with van der Waals surface area (Å²) in [4.78, 5) is 41.5. The zero-order valence-electron chi connectivity index (χ0n) is 21.7. The number of anilines is 1. The Morgan fingerprint density at radius 2 is 1.95 bits per heavy atom. The molecule has 17 heteroatoms. The molecule has 3 aromatic rings. The number of guanidine groups is 1. The number of aromatic nitrogens is 2. The Morgan fingerprint density at radius 1 is 1.19 bits per heavy atom. The molecular weight excluding hydrogens is 593 g/mol. The number of benzene rings is 2. The summed E-state index contributed by atoms with van der Waals surface area (Å²) in [6, 6.07) is 3.85. The van der Waals surface area contributed by atoms with Gasteiger partial charge in [0.2, 0.25) is 11.9 Å². The molecule has 0 radical (unpaired) electrons. The molecular formula is C25H23ClF5N7O4. The van der Waals surface area contributed by atoms with E-state index in [1.807, 2.05) is 0 Å². The van der Waals surface area contributed by atoms with Gasteiger partial charge in [0.25, 0.3) is 5.91 Å². The van der Waals surface area contributed by atoms with Crippen molar-refractivity contribution >= 4 is 51.9 Å². The summed E-state index contributed by atoms with van der Waals surface area (Å²) in [6.07, 6.45) is -6.46. The number of esters is 1. The second kappa shape index (κ2) is 12.6. The number of ether oxygens (including phenoxy) is 1. The number of nitrogens with zero attached hydrogens (tertiary/aromatic N) is 2. The summed E-state index contributed by atoms with van der Waals surface area (Å²) < 4.78 is 72.3. The number of hydrogen-bond donors (Lipinski definition) is 5. The molecule has 1 aliphatic heterocycles. The first kappa shape index (κ1) is 30.5. The summed E-state index contributed by atoms with van der Waals surface area (Å²) in [5.41, 5.74) is -1.10. The molecule has 2 amide bonds. The van der Waals surface area contributed by atoms with E-state index in [9.17, 15) is 36.3 Å². The summed E-state index contributed by atoms with van der Waals surface area (Å²) in [6.45, 7) is -0.793. The van der Waals surface area contributed by atoms with Crippen LogP contribution < -0.4 is 21.3 Å². The number of rotatable bonds is 8. The third-order valence-corrected chi connectivity index (χ3v) is 6.28. The second-order valence-corrected chi connectivity index (χ2v) is 9.54. The van der Waals surface area contributed by atoms with Crippen LogP contribution in [0, 0.1) is 5.95 Å². The van der Waals surface area contributed by atoms with Crippen molar-refractivity contribution in [1.29, 1.82) is 0 Å². The summed E-state index contributed by atoms with van der Waals surface area (Å²) >= 11 is 5.85. The number of alkyl halides is 4. The van der Waals surface area contributed by atoms with Gasteiger partial charge in [0.15, 0.2) is 5.96 Å². The standard InChI is InChI=1S/C25H23ClF5N7O4/c1-42-20(40)7-16(11-2-13(25(29,30)31)6-14(26)3-11)35-19(39)10-32-23(41)12-4-17(21-18(5-12)37-38-22(21)28)36-24-33-8-15(27)9-34-24/h2-6,15-16H,7-10H2,1H3,(H,32,41)(H,35,39)(H,37,38)(H2,33,34,36)/t16-/m0/s1. The number of halogens is 6. The van der Waals surface area contributed by atoms with Crippen LogP contribution in [0.2, 0.25) is 5.02 Å². The van der Waals surface area contributed by atoms with Crippen LogP contribution in [0.5, 0.6) is 0 Å². The van der Waals surface area contributed by atoms with E-state index in [-0.39, 0.29) is 51.8 Å². The smallest absolute Gasteiger partial charge is 0.416 e. The monoisotopic (exact) mass is 615 g/mol. The molecule has 2 heterocycles. The lowest BCUT2D eigenvalue weighted by molar-refractivity contribution is -0.141. The number of hydrogen-bond acceptors (Lipinski definition) is 8. The molecule has 1 aromatic heterocycles. The Morgan fingerprint density at radius 3 is 2.62 bits per heavy atom. The highest BCUT2D eigenvalue weighted by Crippen LogP contribution is 2.34. The van der Waals surface area contributed by atoms with Crippen LogP contribution in [-0.2, 0) is 20.5 Å². The largest absolute Gasteiger partial charge is 0.469 e. The van der Waals surface area contributed by atoms with E-state index in [1.54, 1.807) is 0 Å². The van der Waals surface area contributed by atoms with Gasteiger partial charge in [0.05, 0.1) is 61.4 Å². The topological polar surface area (TPSA) is 150 Å². The molecule has 5 N–H and O–H groups in total. The minimum atomic E-state index is -4.74. The number of H-pyrrole nitrogens is 1. The Balaban J connectivity index is 1.49. The maximum atomic E-state index is 14.4. The van der Waals surface area contributed by atoms with Crippen molar-refractivity contribution in [2.75, 3.05) is 32.1 Å². The van der Waals surface area contributed by atoms with Gasteiger partial charge in [0, 0.05) is 10.6 Å². The van der Waals surface area contributed by atoms with E-state index in [2.05, 4.69) is 41.2 Å². The normalized spacial score (nSPS) is 15.8. The van der Waals surface area contributed by atoms with Crippen molar-refractivity contribution in [3.05, 3.63) is 58.0 Å². The lowest BCUT2D eigenvalue weighted by Gasteiger charge is -2.20. The van der Waals surface area contributed by atoms with Gasteiger partial charge in [-0.15, -0.1) is 0 Å². The Kier molecular flexibility index (Phi) is 9.14. The average Bonchev–Trinajstić information content (AvgIpc) is 3.32. The fraction of sp³-hybridized carbons (Fsp3) is 0.320. The highest BCUT2D eigenvalue weighted by Gasteiger charge is 2.32. The van der Waals surface area contributed by atoms with Crippen molar-refractivity contribution in [3.63, 3.8) is 0 Å². The summed E-state index contributed by atoms with van der Waals surface area (Å²) in [7, 11) is 1.07. The number of amides is 2. The molecule has 0 bridgehead atoms. The number of aliphatic imine (C=N–C) groups is 1. The molecule has 11 nitrogen and oxygen atoms in total. The molecule has 4 rings (SSSR count). The van der Waals surface area contributed by atoms with Crippen LogP contribution in [0.15, 0.2) is 35.3 Å². The average molecular weight is 616 g/mol. The lowest BCUT2D eigenvalue weighted by Crippen LogP contribution is -2.41. The van der Waals surface area contributed by atoms with Gasteiger partial charge in [-0.2, -0.15) is 22.7 Å². The predicted molar refractivity (Wildman–Crippen MR) is 141 cm³/mol. The molecule has 0 aliphatic carbocycles. The van der Waals surface area contributed by atoms with Crippen molar-refractivity contribution in [3.8, 4) is 0 Å². The van der Waals surface area contributed by atoms with Crippen LogP contribution >= 0.6 is 11.6 Å². The lowest BCUT2D eigenvalue weighted by atomic mass is 10.0. The zero-order valence-corrected chi connectivity index (χ0v) is 22.4. The van der Waals surface area contributed by atoms with Gasteiger partial charge in [-0.1, -0.05) is 11.6 Å². The zero-order chi connectivity index (χ0) is 30.6. The van der Waals surface area contributed by atoms with Gasteiger partial charge in [-0.25, -0.2) is 9.38 Å². The Hall–Kier alpha value is -4.47. The second-order valence-electron chi connectivity index (χ2n) is 9.10. The third-order valence-electron chi connectivity index (χ3n) is 6.06. The molecule has 42 heavy (non-hydrogen) atoms. The number of nitrogens with one attached hydrogen (secondary N) is 5. The molecule has 2 atom stereocenters. The number of aromatic amines is 1. The van der Waals surface area contributed by atoms with Crippen molar-refractivity contribution in [1.82, 2.24) is 26.1 Å². The maximum absolute atomic E-state index is 14.4. The van der Waals surface area contributed by atoms with Gasteiger partial charge in [-0.05, 0) is 35.9 Å². The highest BCUT2D eigenvalue weighted by atomic mass is 35.5. The number of fused-ring (bicyclic) bond motifs is 1. The SMILES string of the molecule is COC(=O)C[C@H](NC(=O)CNC(=O)c1cc(NC2=NCC(F)CN2)c2c(F)[nH]nc2c1)c1cc(Cl)cc(C(F)(F)F)c1. The van der Waals surface area contributed by atoms with E-state index in [0.717, 1.165) is 19.2 Å². The minimum absolute atomic E-state index is 0.00145. The van der Waals surface area contributed by atoms with E-state index in [0.29, 0.717) is 6.07 Å². The third kappa shape index (κ3) is 7.43. The first-order valence-corrected chi connectivity index (χ1v) is 12.6. The van der Waals surface area contributed by atoms with Gasteiger partial charge in [0.1, 0.15) is 6.17 Å². The Bertz CT molecular complexity index is 1550. The summed E-state index contributed by atoms with van der Waals surface area (Å²) in [5, 5.41) is 15.9. The predicted octanol–water partition coefficient (Wildman–Crippen LogP) is 3.23. The molecule has 0 fully saturated rings. The minimum Gasteiger partial charge on any atom is -0.469 e. The summed E-state index contributed by atoms with van der Waals surface area (Å²) in [5.74, 6) is -3.11. The number of carbonyl (C=O) groups excluding carboxylic acids is 3. The quantitative estimate of drug-likeness (QED) is 0.193. The number of methoxy groups -OCH3 is 1. The number of carbonyl (C=O) groups is 3. The molecule has 0 saturated carbocycles.